The zero-order valence-corrected chi connectivity index (χ0v) is 19.0. The highest BCUT2D eigenvalue weighted by Crippen LogP contribution is 2.37. The maximum absolute atomic E-state index is 13.6. The van der Waals surface area contributed by atoms with Crippen molar-refractivity contribution in [1.82, 2.24) is 9.55 Å². The van der Waals surface area contributed by atoms with Crippen LogP contribution in [0, 0.1) is 0 Å². The van der Waals surface area contributed by atoms with E-state index in [9.17, 15) is 4.79 Å². The SMILES string of the molecule is CN(C)c1ccc(/C=N/Nc2nc3sc4c(c3c(=O)n2C2CCCCC2)CCC4)cc1. The Hall–Kier alpha value is -2.67. The standard InChI is InChI=1S/C24H29N5OS/c1-28(2)17-13-11-16(12-14-17)15-25-27-24-26-22-21(19-9-6-10-20(19)31-22)23(30)29(24)18-7-4-3-5-8-18/h11-15,18H,3-10H2,1-2H3,(H,26,27)/b25-15+. The van der Waals surface area contributed by atoms with E-state index in [0.717, 1.165) is 66.4 Å². The van der Waals surface area contributed by atoms with E-state index < -0.39 is 0 Å². The Morgan fingerprint density at radius 2 is 1.90 bits per heavy atom. The molecule has 1 saturated carbocycles. The van der Waals surface area contributed by atoms with Gasteiger partial charge in [-0.1, -0.05) is 31.4 Å². The smallest absolute Gasteiger partial charge is 0.264 e. The van der Waals surface area contributed by atoms with E-state index in [0.29, 0.717) is 5.95 Å². The van der Waals surface area contributed by atoms with Gasteiger partial charge in [-0.15, -0.1) is 11.3 Å². The number of rotatable bonds is 5. The summed E-state index contributed by atoms with van der Waals surface area (Å²) in [5.41, 5.74) is 6.62. The van der Waals surface area contributed by atoms with Gasteiger partial charge in [-0.3, -0.25) is 9.36 Å². The predicted molar refractivity (Wildman–Crippen MR) is 130 cm³/mol. The molecule has 0 aliphatic heterocycles. The maximum atomic E-state index is 13.6. The minimum atomic E-state index is 0.115. The van der Waals surface area contributed by atoms with Gasteiger partial charge in [-0.05, 0) is 55.4 Å². The minimum absolute atomic E-state index is 0.115. The Kier molecular flexibility index (Phi) is 5.52. The molecule has 6 nitrogen and oxygen atoms in total. The van der Waals surface area contributed by atoms with Crippen molar-refractivity contribution >= 4 is 39.4 Å². The highest BCUT2D eigenvalue weighted by atomic mass is 32.1. The van der Waals surface area contributed by atoms with Crippen LogP contribution in [-0.2, 0) is 12.8 Å². The first-order valence-electron chi connectivity index (χ1n) is 11.2. The van der Waals surface area contributed by atoms with Crippen LogP contribution in [0.1, 0.15) is 60.6 Å². The molecule has 0 unspecified atom stereocenters. The second kappa shape index (κ2) is 8.46. The largest absolute Gasteiger partial charge is 0.378 e. The van der Waals surface area contributed by atoms with Crippen molar-refractivity contribution in [2.45, 2.75) is 57.4 Å². The summed E-state index contributed by atoms with van der Waals surface area (Å²) in [5.74, 6) is 0.575. The van der Waals surface area contributed by atoms with Crippen LogP contribution in [0.3, 0.4) is 0 Å². The first-order valence-corrected chi connectivity index (χ1v) is 12.1. The summed E-state index contributed by atoms with van der Waals surface area (Å²) in [7, 11) is 4.05. The molecule has 0 saturated heterocycles. The Morgan fingerprint density at radius 3 is 2.65 bits per heavy atom. The topological polar surface area (TPSA) is 62.5 Å². The van der Waals surface area contributed by atoms with Gasteiger partial charge in [0, 0.05) is 30.7 Å². The average Bonchev–Trinajstić information content (AvgIpc) is 3.36. The third-order valence-electron chi connectivity index (χ3n) is 6.50. The molecule has 1 aromatic carbocycles. The fourth-order valence-corrected chi connectivity index (χ4v) is 6.09. The fraction of sp³-hybridized carbons (Fsp3) is 0.458. The zero-order valence-electron chi connectivity index (χ0n) is 18.2. The lowest BCUT2D eigenvalue weighted by atomic mass is 9.95. The normalized spacial score (nSPS) is 16.8. The minimum Gasteiger partial charge on any atom is -0.378 e. The van der Waals surface area contributed by atoms with E-state index in [2.05, 4.69) is 27.6 Å². The second-order valence-corrected chi connectivity index (χ2v) is 9.88. The molecular weight excluding hydrogens is 406 g/mol. The number of anilines is 2. The lowest BCUT2D eigenvalue weighted by Crippen LogP contribution is -2.29. The van der Waals surface area contributed by atoms with E-state index in [1.165, 1.54) is 16.9 Å². The Labute approximate surface area is 186 Å². The van der Waals surface area contributed by atoms with E-state index in [1.807, 2.05) is 30.8 Å². The van der Waals surface area contributed by atoms with Gasteiger partial charge in [-0.25, -0.2) is 10.4 Å². The molecule has 0 radical (unpaired) electrons. The van der Waals surface area contributed by atoms with Gasteiger partial charge in [0.05, 0.1) is 11.6 Å². The molecule has 2 aromatic heterocycles. The van der Waals surface area contributed by atoms with Crippen molar-refractivity contribution < 1.29 is 0 Å². The summed E-state index contributed by atoms with van der Waals surface area (Å²) in [6, 6.07) is 8.41. The molecule has 1 fully saturated rings. The highest BCUT2D eigenvalue weighted by Gasteiger charge is 2.26. The van der Waals surface area contributed by atoms with E-state index in [4.69, 9.17) is 4.98 Å². The van der Waals surface area contributed by atoms with Crippen LogP contribution in [-0.4, -0.2) is 29.9 Å². The van der Waals surface area contributed by atoms with Crippen LogP contribution >= 0.6 is 11.3 Å². The summed E-state index contributed by atoms with van der Waals surface area (Å²) < 4.78 is 1.90. The lowest BCUT2D eigenvalue weighted by molar-refractivity contribution is 0.348. The van der Waals surface area contributed by atoms with Gasteiger partial charge in [0.25, 0.3) is 5.56 Å². The molecule has 1 N–H and O–H groups in total. The van der Waals surface area contributed by atoms with Crippen LogP contribution in [0.4, 0.5) is 11.6 Å². The average molecular weight is 436 g/mol. The summed E-state index contributed by atoms with van der Waals surface area (Å²) in [5, 5.41) is 5.31. The van der Waals surface area contributed by atoms with Crippen molar-refractivity contribution in [1.29, 1.82) is 0 Å². The van der Waals surface area contributed by atoms with Gasteiger partial charge < -0.3 is 4.90 Å². The molecule has 0 atom stereocenters. The Morgan fingerprint density at radius 1 is 1.13 bits per heavy atom. The lowest BCUT2D eigenvalue weighted by Gasteiger charge is -2.25. The molecular formula is C24H29N5OS. The molecule has 7 heteroatoms. The number of fused-ring (bicyclic) bond motifs is 3. The van der Waals surface area contributed by atoms with Gasteiger partial charge in [0.1, 0.15) is 4.83 Å². The van der Waals surface area contributed by atoms with E-state index in [-0.39, 0.29) is 11.6 Å². The van der Waals surface area contributed by atoms with Gasteiger partial charge in [-0.2, -0.15) is 5.10 Å². The van der Waals surface area contributed by atoms with Crippen molar-refractivity contribution in [2.24, 2.45) is 5.10 Å². The first kappa shape index (κ1) is 20.2. The number of aryl methyl sites for hydroxylation is 2. The number of hydrogen-bond donors (Lipinski definition) is 1. The zero-order chi connectivity index (χ0) is 21.4. The second-order valence-electron chi connectivity index (χ2n) is 8.80. The van der Waals surface area contributed by atoms with Crippen molar-refractivity contribution in [2.75, 3.05) is 24.4 Å². The van der Waals surface area contributed by atoms with Gasteiger partial charge in [0.15, 0.2) is 0 Å². The maximum Gasteiger partial charge on any atom is 0.264 e. The molecule has 2 aliphatic carbocycles. The molecule has 31 heavy (non-hydrogen) atoms. The number of nitrogens with zero attached hydrogens (tertiary/aromatic N) is 4. The summed E-state index contributed by atoms with van der Waals surface area (Å²) in [6.07, 6.45) is 10.7. The predicted octanol–water partition coefficient (Wildman–Crippen LogP) is 4.96. The molecule has 162 valence electrons. The van der Waals surface area contributed by atoms with E-state index in [1.54, 1.807) is 17.6 Å². The number of hydrazone groups is 1. The summed E-state index contributed by atoms with van der Waals surface area (Å²) >= 11 is 1.68. The van der Waals surface area contributed by atoms with E-state index >= 15 is 0 Å². The Balaban J connectivity index is 1.50. The van der Waals surface area contributed by atoms with Gasteiger partial charge in [0.2, 0.25) is 5.95 Å². The van der Waals surface area contributed by atoms with Crippen LogP contribution < -0.4 is 15.9 Å². The molecule has 2 heterocycles. The number of nitrogens with one attached hydrogen (secondary N) is 1. The highest BCUT2D eigenvalue weighted by molar-refractivity contribution is 7.18. The molecule has 5 rings (SSSR count). The number of thiophene rings is 1. The van der Waals surface area contributed by atoms with Crippen molar-refractivity contribution in [3.8, 4) is 0 Å². The summed E-state index contributed by atoms with van der Waals surface area (Å²) in [4.78, 5) is 22.8. The van der Waals surface area contributed by atoms with Crippen LogP contribution in [0.5, 0.6) is 0 Å². The number of benzene rings is 1. The first-order chi connectivity index (χ1) is 15.1. The fourth-order valence-electron chi connectivity index (χ4n) is 4.84. The number of hydrogen-bond acceptors (Lipinski definition) is 6. The molecule has 2 aliphatic rings. The van der Waals surface area contributed by atoms with Gasteiger partial charge >= 0.3 is 0 Å². The molecule has 0 bridgehead atoms. The van der Waals surface area contributed by atoms with Crippen molar-refractivity contribution in [3.05, 3.63) is 50.6 Å². The Bertz CT molecular complexity index is 1170. The molecule has 0 spiro atoms. The molecule has 3 aromatic rings. The monoisotopic (exact) mass is 435 g/mol. The van der Waals surface area contributed by atoms with Crippen LogP contribution in [0.15, 0.2) is 34.2 Å². The number of aromatic nitrogens is 2. The van der Waals surface area contributed by atoms with Crippen LogP contribution in [0.2, 0.25) is 0 Å². The van der Waals surface area contributed by atoms with Crippen molar-refractivity contribution in [3.63, 3.8) is 0 Å². The summed E-state index contributed by atoms with van der Waals surface area (Å²) in [6.45, 7) is 0. The third kappa shape index (κ3) is 3.87. The third-order valence-corrected chi connectivity index (χ3v) is 7.68. The molecule has 0 amide bonds. The van der Waals surface area contributed by atoms with Crippen LogP contribution in [0.25, 0.3) is 10.2 Å². The quantitative estimate of drug-likeness (QED) is 0.454.